The predicted octanol–water partition coefficient (Wildman–Crippen LogP) is 3.67. The lowest BCUT2D eigenvalue weighted by Gasteiger charge is -2.15. The van der Waals surface area contributed by atoms with Gasteiger partial charge in [0.1, 0.15) is 5.78 Å². The molecule has 3 unspecified atom stereocenters. The predicted molar refractivity (Wildman–Crippen MR) is 78.2 cm³/mol. The Labute approximate surface area is 121 Å². The van der Waals surface area contributed by atoms with Crippen molar-refractivity contribution in [3.8, 4) is 0 Å². The highest BCUT2D eigenvalue weighted by Gasteiger charge is 2.44. The lowest BCUT2D eigenvalue weighted by atomic mass is 9.91. The van der Waals surface area contributed by atoms with Gasteiger partial charge < -0.3 is 4.74 Å². The van der Waals surface area contributed by atoms with E-state index in [-0.39, 0.29) is 23.7 Å². The molecule has 0 N–H and O–H groups in total. The van der Waals surface area contributed by atoms with Crippen molar-refractivity contribution in [2.45, 2.75) is 58.3 Å². The number of rotatable bonds is 9. The van der Waals surface area contributed by atoms with Crippen LogP contribution in [0.1, 0.15) is 58.3 Å². The zero-order valence-electron chi connectivity index (χ0n) is 12.5. The molecule has 0 spiro atoms. The molecule has 1 fully saturated rings. The molecular weight excluding hydrogens is 252 g/mol. The van der Waals surface area contributed by atoms with Crippen molar-refractivity contribution < 1.29 is 14.3 Å². The number of Topliss-reactive ketones (excluding diaryl/α,β-unsaturated/α-hetero) is 1. The Morgan fingerprint density at radius 1 is 1.20 bits per heavy atom. The van der Waals surface area contributed by atoms with Crippen LogP contribution in [-0.2, 0) is 14.3 Å². The number of hydrogen-bond donors (Lipinski definition) is 0. The molecule has 0 saturated heterocycles. The fourth-order valence-corrected chi connectivity index (χ4v) is 3.30. The molecule has 20 heavy (non-hydrogen) atoms. The second-order valence-electron chi connectivity index (χ2n) is 6.11. The molecule has 0 aromatic rings. The van der Waals surface area contributed by atoms with Crippen LogP contribution >= 0.6 is 0 Å². The number of ketones is 1. The van der Waals surface area contributed by atoms with Crippen LogP contribution in [0.15, 0.2) is 12.2 Å². The van der Waals surface area contributed by atoms with Crippen molar-refractivity contribution in [2.75, 3.05) is 6.61 Å². The summed E-state index contributed by atoms with van der Waals surface area (Å²) in [5.74, 6) is 0.434. The first-order valence-electron chi connectivity index (χ1n) is 8.10. The average molecular weight is 278 g/mol. The molecule has 2 bridgehead atoms. The standard InChI is InChI=1S/C17H26O3/c1-2-3-4-5-6-7-10-20-16(18)12-14-11-13-8-9-15(14)17(13)19/h8-9,13-15H,2-7,10-12H2,1H3. The van der Waals surface area contributed by atoms with E-state index >= 15 is 0 Å². The van der Waals surface area contributed by atoms with E-state index in [9.17, 15) is 9.59 Å². The molecule has 0 aromatic carbocycles. The summed E-state index contributed by atoms with van der Waals surface area (Å²) >= 11 is 0. The minimum Gasteiger partial charge on any atom is -0.466 e. The minimum absolute atomic E-state index is 0.0124. The summed E-state index contributed by atoms with van der Waals surface area (Å²) in [5, 5.41) is 0. The Bertz CT molecular complexity index is 372. The quantitative estimate of drug-likeness (QED) is 0.367. The van der Waals surface area contributed by atoms with Gasteiger partial charge in [0, 0.05) is 18.3 Å². The topological polar surface area (TPSA) is 43.4 Å². The van der Waals surface area contributed by atoms with E-state index in [1.807, 2.05) is 12.2 Å². The average Bonchev–Trinajstić information content (AvgIpc) is 2.93. The van der Waals surface area contributed by atoms with Gasteiger partial charge in [0.15, 0.2) is 0 Å². The lowest BCUT2D eigenvalue weighted by Crippen LogP contribution is -2.17. The highest BCUT2D eigenvalue weighted by molar-refractivity contribution is 5.92. The highest BCUT2D eigenvalue weighted by Crippen LogP contribution is 2.42. The van der Waals surface area contributed by atoms with Crippen molar-refractivity contribution in [1.29, 1.82) is 0 Å². The first kappa shape index (κ1) is 15.3. The summed E-state index contributed by atoms with van der Waals surface area (Å²) in [5.41, 5.74) is 0. The molecule has 3 atom stereocenters. The van der Waals surface area contributed by atoms with E-state index < -0.39 is 0 Å². The van der Waals surface area contributed by atoms with Gasteiger partial charge in [0.05, 0.1) is 6.61 Å². The number of hydrogen-bond acceptors (Lipinski definition) is 3. The Morgan fingerprint density at radius 3 is 2.60 bits per heavy atom. The minimum atomic E-state index is -0.127. The van der Waals surface area contributed by atoms with Gasteiger partial charge in [-0.05, 0) is 18.8 Å². The number of carbonyl (C=O) groups is 2. The van der Waals surface area contributed by atoms with E-state index in [0.717, 1.165) is 19.3 Å². The Hall–Kier alpha value is -1.12. The smallest absolute Gasteiger partial charge is 0.306 e. The van der Waals surface area contributed by atoms with Gasteiger partial charge in [-0.15, -0.1) is 0 Å². The number of unbranched alkanes of at least 4 members (excludes halogenated alkanes) is 5. The highest BCUT2D eigenvalue weighted by atomic mass is 16.5. The van der Waals surface area contributed by atoms with Gasteiger partial charge in [0.2, 0.25) is 0 Å². The van der Waals surface area contributed by atoms with Crippen molar-refractivity contribution in [2.24, 2.45) is 17.8 Å². The summed E-state index contributed by atoms with van der Waals surface area (Å²) in [6.45, 7) is 2.74. The van der Waals surface area contributed by atoms with Gasteiger partial charge in [-0.2, -0.15) is 0 Å². The molecule has 0 amide bonds. The van der Waals surface area contributed by atoms with Gasteiger partial charge in [0.25, 0.3) is 0 Å². The van der Waals surface area contributed by atoms with Gasteiger partial charge >= 0.3 is 5.97 Å². The molecular formula is C17H26O3. The third-order valence-electron chi connectivity index (χ3n) is 4.50. The summed E-state index contributed by atoms with van der Waals surface area (Å²) in [6, 6.07) is 0. The fraction of sp³-hybridized carbons (Fsp3) is 0.765. The Kier molecular flexibility index (Phi) is 5.81. The Morgan fingerprint density at radius 2 is 1.95 bits per heavy atom. The molecule has 0 heterocycles. The molecule has 112 valence electrons. The van der Waals surface area contributed by atoms with Gasteiger partial charge in [-0.1, -0.05) is 51.2 Å². The summed E-state index contributed by atoms with van der Waals surface area (Å²) < 4.78 is 5.28. The summed E-state index contributed by atoms with van der Waals surface area (Å²) in [7, 11) is 0. The van der Waals surface area contributed by atoms with Crippen LogP contribution in [-0.4, -0.2) is 18.4 Å². The number of carbonyl (C=O) groups excluding carboxylic acids is 2. The third-order valence-corrected chi connectivity index (χ3v) is 4.50. The van der Waals surface area contributed by atoms with E-state index in [1.54, 1.807) is 0 Å². The van der Waals surface area contributed by atoms with E-state index in [0.29, 0.717) is 18.8 Å². The van der Waals surface area contributed by atoms with E-state index in [2.05, 4.69) is 6.92 Å². The third kappa shape index (κ3) is 3.94. The monoisotopic (exact) mass is 278 g/mol. The fourth-order valence-electron chi connectivity index (χ4n) is 3.30. The van der Waals surface area contributed by atoms with E-state index in [4.69, 9.17) is 4.74 Å². The van der Waals surface area contributed by atoms with Crippen molar-refractivity contribution in [3.05, 3.63) is 12.2 Å². The van der Waals surface area contributed by atoms with Crippen molar-refractivity contribution in [1.82, 2.24) is 0 Å². The first-order valence-corrected chi connectivity index (χ1v) is 8.10. The molecule has 0 radical (unpaired) electrons. The van der Waals surface area contributed by atoms with Crippen LogP contribution in [0.2, 0.25) is 0 Å². The number of fused-ring (bicyclic) bond motifs is 2. The van der Waals surface area contributed by atoms with Crippen LogP contribution in [0, 0.1) is 17.8 Å². The maximum atomic E-state index is 11.8. The molecule has 2 aliphatic rings. The number of esters is 1. The van der Waals surface area contributed by atoms with Crippen molar-refractivity contribution >= 4 is 11.8 Å². The summed E-state index contributed by atoms with van der Waals surface area (Å²) in [4.78, 5) is 23.5. The van der Waals surface area contributed by atoms with Gasteiger partial charge in [-0.25, -0.2) is 0 Å². The largest absolute Gasteiger partial charge is 0.466 e. The van der Waals surface area contributed by atoms with Crippen molar-refractivity contribution in [3.63, 3.8) is 0 Å². The van der Waals surface area contributed by atoms with Crippen LogP contribution in [0.5, 0.6) is 0 Å². The van der Waals surface area contributed by atoms with Crippen LogP contribution < -0.4 is 0 Å². The molecule has 1 saturated carbocycles. The number of ether oxygens (including phenoxy) is 1. The zero-order valence-corrected chi connectivity index (χ0v) is 12.5. The molecule has 2 aliphatic carbocycles. The maximum absolute atomic E-state index is 11.8. The van der Waals surface area contributed by atoms with Gasteiger partial charge in [-0.3, -0.25) is 9.59 Å². The first-order chi connectivity index (χ1) is 9.72. The molecule has 0 aromatic heterocycles. The lowest BCUT2D eigenvalue weighted by molar-refractivity contribution is -0.145. The van der Waals surface area contributed by atoms with E-state index in [1.165, 1.54) is 25.7 Å². The van der Waals surface area contributed by atoms with Crippen LogP contribution in [0.3, 0.4) is 0 Å². The van der Waals surface area contributed by atoms with Crippen LogP contribution in [0.25, 0.3) is 0 Å². The molecule has 3 nitrogen and oxygen atoms in total. The SMILES string of the molecule is CCCCCCCCOC(=O)CC1CC2C=CC1C2=O. The zero-order chi connectivity index (χ0) is 14.4. The van der Waals surface area contributed by atoms with Crippen LogP contribution in [0.4, 0.5) is 0 Å². The number of allylic oxidation sites excluding steroid dienone is 2. The Balaban J connectivity index is 1.53. The molecule has 0 aliphatic heterocycles. The maximum Gasteiger partial charge on any atom is 0.306 e. The second kappa shape index (κ2) is 7.61. The second-order valence-corrected chi connectivity index (χ2v) is 6.11. The normalized spacial score (nSPS) is 27.2. The molecule has 3 heteroatoms. The molecule has 2 rings (SSSR count). The summed E-state index contributed by atoms with van der Waals surface area (Å²) in [6.07, 6.45) is 12.4.